The van der Waals surface area contributed by atoms with Gasteiger partial charge >= 0.3 is 5.97 Å². The highest BCUT2D eigenvalue weighted by atomic mass is 16.5. The molecule has 1 aromatic rings. The van der Waals surface area contributed by atoms with Crippen molar-refractivity contribution in [2.24, 2.45) is 0 Å². The van der Waals surface area contributed by atoms with E-state index < -0.39 is 5.97 Å². The lowest BCUT2D eigenvalue weighted by Gasteiger charge is -2.06. The summed E-state index contributed by atoms with van der Waals surface area (Å²) in [4.78, 5) is 19.1. The zero-order chi connectivity index (χ0) is 9.97. The highest BCUT2D eigenvalue weighted by molar-refractivity contribution is 5.94. The number of nitrogens with one attached hydrogen (secondary N) is 1. The average Bonchev–Trinajstić information content (AvgIpc) is 3.01. The second-order valence-electron chi connectivity index (χ2n) is 3.20. The third-order valence-electron chi connectivity index (χ3n) is 2.04. The molecule has 0 saturated heterocycles. The van der Waals surface area contributed by atoms with E-state index in [1.807, 2.05) is 0 Å². The molecule has 74 valence electrons. The Morgan fingerprint density at radius 3 is 3.07 bits per heavy atom. The molecule has 1 aromatic heterocycles. The van der Waals surface area contributed by atoms with Crippen LogP contribution in [0.5, 0.6) is 0 Å². The maximum Gasteiger partial charge on any atom is 0.343 e. The molecular weight excluding hydrogens is 182 g/mol. The van der Waals surface area contributed by atoms with Gasteiger partial charge in [-0.1, -0.05) is 0 Å². The fourth-order valence-electron chi connectivity index (χ4n) is 1.12. The van der Waals surface area contributed by atoms with Crippen LogP contribution in [0.15, 0.2) is 12.5 Å². The quantitative estimate of drug-likeness (QED) is 0.720. The van der Waals surface area contributed by atoms with E-state index >= 15 is 0 Å². The monoisotopic (exact) mass is 193 g/mol. The van der Waals surface area contributed by atoms with Gasteiger partial charge in [0.1, 0.15) is 17.7 Å². The number of carbonyl (C=O) groups is 1. The van der Waals surface area contributed by atoms with Gasteiger partial charge in [-0.2, -0.15) is 0 Å². The molecule has 0 aliphatic heterocycles. The van der Waals surface area contributed by atoms with Gasteiger partial charge in [0.2, 0.25) is 0 Å². The zero-order valence-corrected chi connectivity index (χ0v) is 7.86. The predicted octanol–water partition coefficient (Wildman–Crippen LogP) is 0.837. The third-order valence-corrected chi connectivity index (χ3v) is 2.04. The summed E-state index contributed by atoms with van der Waals surface area (Å²) in [6.45, 7) is 0. The van der Waals surface area contributed by atoms with Crippen molar-refractivity contribution in [2.75, 3.05) is 12.4 Å². The highest BCUT2D eigenvalue weighted by Gasteiger charge is 2.24. The van der Waals surface area contributed by atoms with Crippen LogP contribution in [-0.4, -0.2) is 29.1 Å². The molecule has 1 fully saturated rings. The van der Waals surface area contributed by atoms with E-state index in [1.54, 1.807) is 0 Å². The second-order valence-corrected chi connectivity index (χ2v) is 3.20. The van der Waals surface area contributed by atoms with Crippen LogP contribution in [0.25, 0.3) is 0 Å². The number of aromatic nitrogens is 2. The van der Waals surface area contributed by atoms with Crippen molar-refractivity contribution in [3.63, 3.8) is 0 Å². The maximum absolute atomic E-state index is 11.3. The summed E-state index contributed by atoms with van der Waals surface area (Å²) < 4.78 is 4.62. The van der Waals surface area contributed by atoms with Crippen molar-refractivity contribution in [1.29, 1.82) is 0 Å². The predicted molar refractivity (Wildman–Crippen MR) is 50.0 cm³/mol. The Bertz CT molecular complexity index is 350. The Morgan fingerprint density at radius 2 is 2.43 bits per heavy atom. The minimum absolute atomic E-state index is 0.391. The molecule has 0 aromatic carbocycles. The van der Waals surface area contributed by atoms with E-state index in [2.05, 4.69) is 20.0 Å². The first-order chi connectivity index (χ1) is 6.81. The molecule has 0 amide bonds. The van der Waals surface area contributed by atoms with Gasteiger partial charge in [-0.25, -0.2) is 14.8 Å². The highest BCUT2D eigenvalue weighted by Crippen LogP contribution is 2.25. The van der Waals surface area contributed by atoms with Gasteiger partial charge in [0.05, 0.1) is 7.11 Å². The number of methoxy groups -OCH3 is 1. The molecule has 1 saturated carbocycles. The van der Waals surface area contributed by atoms with Crippen LogP contribution in [-0.2, 0) is 4.74 Å². The Labute approximate surface area is 81.5 Å². The average molecular weight is 193 g/mol. The molecule has 5 nitrogen and oxygen atoms in total. The first kappa shape index (κ1) is 8.93. The molecule has 1 heterocycles. The largest absolute Gasteiger partial charge is 0.465 e. The molecule has 0 unspecified atom stereocenters. The van der Waals surface area contributed by atoms with Crippen LogP contribution in [0.2, 0.25) is 0 Å². The Morgan fingerprint density at radius 1 is 1.64 bits per heavy atom. The fourth-order valence-corrected chi connectivity index (χ4v) is 1.12. The topological polar surface area (TPSA) is 64.1 Å². The lowest BCUT2D eigenvalue weighted by molar-refractivity contribution is 0.0601. The van der Waals surface area contributed by atoms with Gasteiger partial charge < -0.3 is 10.1 Å². The van der Waals surface area contributed by atoms with Crippen LogP contribution >= 0.6 is 0 Å². The number of hydrogen-bond acceptors (Lipinski definition) is 5. The van der Waals surface area contributed by atoms with Crippen LogP contribution in [0.1, 0.15) is 23.2 Å². The Balaban J connectivity index is 2.22. The van der Waals surface area contributed by atoms with Crippen LogP contribution in [0, 0.1) is 0 Å². The number of anilines is 1. The van der Waals surface area contributed by atoms with E-state index in [0.717, 1.165) is 12.8 Å². The first-order valence-corrected chi connectivity index (χ1v) is 4.46. The normalized spacial score (nSPS) is 14.9. The summed E-state index contributed by atoms with van der Waals surface area (Å²) in [5, 5.41) is 3.15. The number of carbonyl (C=O) groups excluding carboxylic acids is 1. The van der Waals surface area contributed by atoms with Gasteiger partial charge in [-0.15, -0.1) is 0 Å². The smallest absolute Gasteiger partial charge is 0.343 e. The molecule has 1 aliphatic rings. The Hall–Kier alpha value is -1.65. The van der Waals surface area contributed by atoms with E-state index in [0.29, 0.717) is 17.4 Å². The minimum Gasteiger partial charge on any atom is -0.465 e. The van der Waals surface area contributed by atoms with E-state index in [1.165, 1.54) is 19.6 Å². The van der Waals surface area contributed by atoms with Crippen molar-refractivity contribution in [3.8, 4) is 0 Å². The molecule has 5 heteroatoms. The lowest BCUT2D eigenvalue weighted by atomic mass is 10.3. The van der Waals surface area contributed by atoms with E-state index in [-0.39, 0.29) is 0 Å². The van der Waals surface area contributed by atoms with E-state index in [4.69, 9.17) is 0 Å². The maximum atomic E-state index is 11.3. The first-order valence-electron chi connectivity index (χ1n) is 4.46. The summed E-state index contributed by atoms with van der Waals surface area (Å²) in [5.41, 5.74) is 0.391. The summed E-state index contributed by atoms with van der Waals surface area (Å²) in [6, 6.07) is 0.452. The summed E-state index contributed by atoms with van der Waals surface area (Å²) in [5.74, 6) is 0.156. The number of hydrogen-bond donors (Lipinski definition) is 1. The molecule has 0 bridgehead atoms. The summed E-state index contributed by atoms with van der Waals surface area (Å²) in [7, 11) is 1.34. The number of ether oxygens (including phenoxy) is 1. The SMILES string of the molecule is COC(=O)c1cncnc1NC1CC1. The van der Waals surface area contributed by atoms with Gasteiger partial charge in [-0.3, -0.25) is 0 Å². The molecule has 0 atom stereocenters. The molecule has 0 spiro atoms. The van der Waals surface area contributed by atoms with Crippen LogP contribution in [0.3, 0.4) is 0 Å². The third kappa shape index (κ3) is 1.81. The minimum atomic E-state index is -0.409. The molecule has 1 aliphatic carbocycles. The zero-order valence-electron chi connectivity index (χ0n) is 7.86. The van der Waals surface area contributed by atoms with Crippen molar-refractivity contribution in [2.45, 2.75) is 18.9 Å². The lowest BCUT2D eigenvalue weighted by Crippen LogP contribution is -2.11. The molecule has 0 radical (unpaired) electrons. The number of rotatable bonds is 3. The Kier molecular flexibility index (Phi) is 2.30. The van der Waals surface area contributed by atoms with E-state index in [9.17, 15) is 4.79 Å². The van der Waals surface area contributed by atoms with Crippen molar-refractivity contribution in [1.82, 2.24) is 9.97 Å². The number of nitrogens with zero attached hydrogens (tertiary/aromatic N) is 2. The molecule has 14 heavy (non-hydrogen) atoms. The number of esters is 1. The fraction of sp³-hybridized carbons (Fsp3) is 0.444. The summed E-state index contributed by atoms with van der Waals surface area (Å²) in [6.07, 6.45) is 5.13. The molecule has 1 N–H and O–H groups in total. The van der Waals surface area contributed by atoms with Crippen molar-refractivity contribution >= 4 is 11.8 Å². The van der Waals surface area contributed by atoms with Gasteiger partial charge in [0.15, 0.2) is 0 Å². The van der Waals surface area contributed by atoms with Crippen LogP contribution < -0.4 is 5.32 Å². The van der Waals surface area contributed by atoms with Crippen molar-refractivity contribution < 1.29 is 9.53 Å². The van der Waals surface area contributed by atoms with Gasteiger partial charge in [0, 0.05) is 12.2 Å². The summed E-state index contributed by atoms with van der Waals surface area (Å²) >= 11 is 0. The van der Waals surface area contributed by atoms with Gasteiger partial charge in [0.25, 0.3) is 0 Å². The second kappa shape index (κ2) is 3.61. The van der Waals surface area contributed by atoms with Gasteiger partial charge in [-0.05, 0) is 12.8 Å². The molecule has 2 rings (SSSR count). The molecular formula is C9H11N3O2. The van der Waals surface area contributed by atoms with Crippen LogP contribution in [0.4, 0.5) is 5.82 Å². The standard InChI is InChI=1S/C9H11N3O2/c1-14-9(13)7-4-10-5-11-8(7)12-6-2-3-6/h4-6H,2-3H2,1H3,(H,10,11,12). The van der Waals surface area contributed by atoms with Crippen molar-refractivity contribution in [3.05, 3.63) is 18.1 Å².